The third-order valence-corrected chi connectivity index (χ3v) is 2.65. The fourth-order valence-electron chi connectivity index (χ4n) is 1.66. The Bertz CT molecular complexity index is 713. The molecular formula is C13H10F2N2O3. The Morgan fingerprint density at radius 3 is 2.85 bits per heavy atom. The molecule has 1 heterocycles. The molecule has 20 heavy (non-hydrogen) atoms. The molecule has 1 aromatic heterocycles. The van der Waals surface area contributed by atoms with Crippen molar-refractivity contribution in [2.24, 2.45) is 0 Å². The topological polar surface area (TPSA) is 61.2 Å². The fourth-order valence-corrected chi connectivity index (χ4v) is 1.66. The fraction of sp³-hybridized carbons (Fsp3) is 0.154. The zero-order valence-electron chi connectivity index (χ0n) is 10.5. The molecule has 1 aromatic carbocycles. The second-order valence-electron chi connectivity index (χ2n) is 3.97. The summed E-state index contributed by atoms with van der Waals surface area (Å²) < 4.78 is 32.0. The van der Waals surface area contributed by atoms with Crippen LogP contribution in [0.25, 0.3) is 0 Å². The highest BCUT2D eigenvalue weighted by atomic mass is 19.1. The van der Waals surface area contributed by atoms with Gasteiger partial charge in [-0.3, -0.25) is 9.36 Å². The van der Waals surface area contributed by atoms with Gasteiger partial charge in [0.25, 0.3) is 5.56 Å². The molecule has 7 heteroatoms. The molecule has 0 spiro atoms. The highest BCUT2D eigenvalue weighted by molar-refractivity contribution is 5.88. The quantitative estimate of drug-likeness (QED) is 0.796. The second kappa shape index (κ2) is 5.60. The van der Waals surface area contributed by atoms with Crippen molar-refractivity contribution < 1.29 is 18.3 Å². The molecule has 2 rings (SSSR count). The first-order valence-corrected chi connectivity index (χ1v) is 5.59. The maximum absolute atomic E-state index is 13.5. The van der Waals surface area contributed by atoms with Gasteiger partial charge in [-0.15, -0.1) is 0 Å². The van der Waals surface area contributed by atoms with Gasteiger partial charge in [0.15, 0.2) is 0 Å². The molecule has 0 fully saturated rings. The molecule has 0 atom stereocenters. The molecule has 2 aromatic rings. The summed E-state index contributed by atoms with van der Waals surface area (Å²) in [6, 6.07) is 2.92. The Balaban J connectivity index is 2.42. The lowest BCUT2D eigenvalue weighted by Crippen LogP contribution is -2.27. The van der Waals surface area contributed by atoms with Crippen molar-refractivity contribution in [3.05, 3.63) is 63.8 Å². The van der Waals surface area contributed by atoms with Crippen molar-refractivity contribution >= 4 is 5.97 Å². The molecule has 0 bridgehead atoms. The third kappa shape index (κ3) is 2.71. The number of hydrogen-bond acceptors (Lipinski definition) is 4. The van der Waals surface area contributed by atoms with E-state index in [1.807, 2.05) is 0 Å². The normalized spacial score (nSPS) is 10.3. The minimum atomic E-state index is -0.837. The number of carbonyl (C=O) groups excluding carboxylic acids is 1. The van der Waals surface area contributed by atoms with Crippen LogP contribution >= 0.6 is 0 Å². The van der Waals surface area contributed by atoms with Crippen LogP contribution < -0.4 is 5.56 Å². The smallest absolute Gasteiger partial charge is 0.345 e. The molecule has 5 nitrogen and oxygen atoms in total. The number of carbonyl (C=O) groups is 1. The SMILES string of the molecule is COC(=O)c1cncn(Cc2cc(F)ccc2F)c1=O. The Hall–Kier alpha value is -2.57. The summed E-state index contributed by atoms with van der Waals surface area (Å²) in [5, 5.41) is 0. The van der Waals surface area contributed by atoms with Crippen LogP contribution in [0.2, 0.25) is 0 Å². The van der Waals surface area contributed by atoms with E-state index in [1.165, 1.54) is 0 Å². The predicted octanol–water partition coefficient (Wildman–Crippen LogP) is 1.36. The average Bonchev–Trinajstić information content (AvgIpc) is 2.44. The molecule has 0 saturated heterocycles. The summed E-state index contributed by atoms with van der Waals surface area (Å²) in [6.07, 6.45) is 2.20. The van der Waals surface area contributed by atoms with E-state index in [1.54, 1.807) is 0 Å². The second-order valence-corrected chi connectivity index (χ2v) is 3.97. The minimum absolute atomic E-state index is 0.0177. The lowest BCUT2D eigenvalue weighted by molar-refractivity contribution is 0.0597. The van der Waals surface area contributed by atoms with E-state index in [0.29, 0.717) is 0 Å². The summed E-state index contributed by atoms with van der Waals surface area (Å²) in [5.41, 5.74) is -0.974. The van der Waals surface area contributed by atoms with E-state index >= 15 is 0 Å². The van der Waals surface area contributed by atoms with E-state index in [9.17, 15) is 18.4 Å². The van der Waals surface area contributed by atoms with Crippen LogP contribution in [0, 0.1) is 11.6 Å². The highest BCUT2D eigenvalue weighted by Crippen LogP contribution is 2.10. The summed E-state index contributed by atoms with van der Waals surface area (Å²) in [7, 11) is 1.13. The predicted molar refractivity (Wildman–Crippen MR) is 65.3 cm³/mol. The molecule has 0 N–H and O–H groups in total. The van der Waals surface area contributed by atoms with Gasteiger partial charge in [0, 0.05) is 11.8 Å². The molecule has 0 aliphatic heterocycles. The van der Waals surface area contributed by atoms with Crippen LogP contribution in [0.4, 0.5) is 8.78 Å². The van der Waals surface area contributed by atoms with Crippen LogP contribution in [-0.2, 0) is 11.3 Å². The number of halogens is 2. The van der Waals surface area contributed by atoms with Crippen LogP contribution in [0.5, 0.6) is 0 Å². The van der Waals surface area contributed by atoms with Crippen molar-refractivity contribution in [2.75, 3.05) is 7.11 Å². The summed E-state index contributed by atoms with van der Waals surface area (Å²) >= 11 is 0. The van der Waals surface area contributed by atoms with Crippen LogP contribution in [-0.4, -0.2) is 22.6 Å². The Kier molecular flexibility index (Phi) is 3.88. The monoisotopic (exact) mass is 280 g/mol. The van der Waals surface area contributed by atoms with Gasteiger partial charge in [0.1, 0.15) is 17.2 Å². The van der Waals surface area contributed by atoms with Crippen LogP contribution in [0.1, 0.15) is 15.9 Å². The number of methoxy groups -OCH3 is 1. The Morgan fingerprint density at radius 2 is 2.15 bits per heavy atom. The van der Waals surface area contributed by atoms with Crippen molar-refractivity contribution in [3.8, 4) is 0 Å². The lowest BCUT2D eigenvalue weighted by atomic mass is 10.2. The molecule has 0 saturated carbocycles. The highest BCUT2D eigenvalue weighted by Gasteiger charge is 2.14. The van der Waals surface area contributed by atoms with Gasteiger partial charge in [-0.1, -0.05) is 0 Å². The number of hydrogen-bond donors (Lipinski definition) is 0. The molecular weight excluding hydrogens is 270 g/mol. The number of esters is 1. The van der Waals surface area contributed by atoms with Gasteiger partial charge in [-0.25, -0.2) is 18.6 Å². The molecule has 0 aliphatic carbocycles. The number of nitrogens with zero attached hydrogens (tertiary/aromatic N) is 2. The van der Waals surface area contributed by atoms with E-state index < -0.39 is 23.2 Å². The number of rotatable bonds is 3. The molecule has 0 radical (unpaired) electrons. The standard InChI is InChI=1S/C13H10F2N2O3/c1-20-13(19)10-5-16-7-17(12(10)18)6-8-4-9(14)2-3-11(8)15/h2-5,7H,6H2,1H3. The van der Waals surface area contributed by atoms with E-state index in [-0.39, 0.29) is 17.7 Å². The Labute approximate surface area is 112 Å². The number of benzene rings is 1. The first kappa shape index (κ1) is 13.9. The molecule has 0 aliphatic rings. The lowest BCUT2D eigenvalue weighted by Gasteiger charge is -2.07. The third-order valence-electron chi connectivity index (χ3n) is 2.65. The van der Waals surface area contributed by atoms with E-state index in [2.05, 4.69) is 9.72 Å². The van der Waals surface area contributed by atoms with Crippen molar-refractivity contribution in [1.82, 2.24) is 9.55 Å². The van der Waals surface area contributed by atoms with Crippen LogP contribution in [0.3, 0.4) is 0 Å². The first-order chi connectivity index (χ1) is 9.52. The average molecular weight is 280 g/mol. The number of aromatic nitrogens is 2. The zero-order chi connectivity index (χ0) is 14.7. The van der Waals surface area contributed by atoms with Gasteiger partial charge in [0.05, 0.1) is 20.0 Å². The summed E-state index contributed by atoms with van der Waals surface area (Å²) in [4.78, 5) is 27.0. The van der Waals surface area contributed by atoms with E-state index in [4.69, 9.17) is 0 Å². The summed E-state index contributed by atoms with van der Waals surface area (Å²) in [5.74, 6) is -2.11. The zero-order valence-corrected chi connectivity index (χ0v) is 10.5. The maximum atomic E-state index is 13.5. The first-order valence-electron chi connectivity index (χ1n) is 5.59. The van der Waals surface area contributed by atoms with Crippen molar-refractivity contribution in [1.29, 1.82) is 0 Å². The number of ether oxygens (including phenoxy) is 1. The Morgan fingerprint density at radius 1 is 1.40 bits per heavy atom. The molecule has 0 amide bonds. The largest absolute Gasteiger partial charge is 0.465 e. The van der Waals surface area contributed by atoms with Gasteiger partial charge in [-0.05, 0) is 18.2 Å². The molecule has 0 unspecified atom stereocenters. The van der Waals surface area contributed by atoms with Gasteiger partial charge >= 0.3 is 5.97 Å². The molecule has 104 valence electrons. The summed E-state index contributed by atoms with van der Waals surface area (Å²) in [6.45, 7) is -0.236. The van der Waals surface area contributed by atoms with Crippen LogP contribution in [0.15, 0.2) is 35.5 Å². The van der Waals surface area contributed by atoms with Crippen molar-refractivity contribution in [3.63, 3.8) is 0 Å². The minimum Gasteiger partial charge on any atom is -0.465 e. The van der Waals surface area contributed by atoms with Gasteiger partial charge in [0.2, 0.25) is 0 Å². The van der Waals surface area contributed by atoms with Crippen molar-refractivity contribution in [2.45, 2.75) is 6.54 Å². The van der Waals surface area contributed by atoms with Gasteiger partial charge < -0.3 is 4.74 Å². The van der Waals surface area contributed by atoms with E-state index in [0.717, 1.165) is 42.4 Å². The van der Waals surface area contributed by atoms with Gasteiger partial charge in [-0.2, -0.15) is 0 Å². The maximum Gasteiger partial charge on any atom is 0.345 e.